The maximum Gasteiger partial charge on any atom is 0.126 e. The van der Waals surface area contributed by atoms with E-state index >= 15 is 0 Å². The fraction of sp³-hybridized carbons (Fsp3) is 0.625. The summed E-state index contributed by atoms with van der Waals surface area (Å²) in [6.45, 7) is 4.57. The number of hydrogen-bond acceptors (Lipinski definition) is 3. The lowest BCUT2D eigenvalue weighted by Crippen LogP contribution is -2.46. The molecule has 0 bridgehead atoms. The van der Waals surface area contributed by atoms with E-state index in [0.717, 1.165) is 29.0 Å². The van der Waals surface area contributed by atoms with E-state index < -0.39 is 7.92 Å². The minimum atomic E-state index is -0.693. The molecular formula is C32H49NO2P2. The first-order chi connectivity index (χ1) is 17.9. The predicted octanol–water partition coefficient (Wildman–Crippen LogP) is 7.64. The lowest BCUT2D eigenvalue weighted by Gasteiger charge is -2.43. The number of para-hydroxylation sites is 2. The van der Waals surface area contributed by atoms with Crippen LogP contribution in [0.25, 0.3) is 0 Å². The molecule has 37 heavy (non-hydrogen) atoms. The zero-order valence-corrected chi connectivity index (χ0v) is 25.4. The third-order valence-corrected chi connectivity index (χ3v) is 15.2. The first-order valence-corrected chi connectivity index (χ1v) is 17.7. The molecule has 0 heterocycles. The number of nitrogens with two attached hydrogens (primary N) is 1. The lowest BCUT2D eigenvalue weighted by molar-refractivity contribution is 0.378. The van der Waals surface area contributed by atoms with Gasteiger partial charge in [-0.15, -0.1) is 0 Å². The Kier molecular flexibility index (Phi) is 10.7. The quantitative estimate of drug-likeness (QED) is 0.297. The van der Waals surface area contributed by atoms with Gasteiger partial charge >= 0.3 is 0 Å². The standard InChI is InChI=1S/C32H49NO2P2/c1-32(2,33)25(23-36(26-15-7-5-8-16-26)27-17-9-6-10-18-27)24-37(30-21-13-11-19-28(30)34-3)31-22-14-12-20-29(31)35-4/h11-14,19-22,25-27H,5-10,15-18,23-24,33H2,1-4H3. The summed E-state index contributed by atoms with van der Waals surface area (Å²) >= 11 is 0. The molecule has 2 aromatic carbocycles. The van der Waals surface area contributed by atoms with E-state index in [1.807, 2.05) is 0 Å². The molecule has 0 amide bonds. The summed E-state index contributed by atoms with van der Waals surface area (Å²) in [5, 5.41) is 2.61. The van der Waals surface area contributed by atoms with Crippen molar-refractivity contribution in [2.24, 2.45) is 11.7 Å². The van der Waals surface area contributed by atoms with Crippen LogP contribution in [0.4, 0.5) is 0 Å². The Labute approximate surface area is 228 Å². The third-order valence-electron chi connectivity index (χ3n) is 8.73. The molecule has 2 aliphatic carbocycles. The highest BCUT2D eigenvalue weighted by molar-refractivity contribution is 7.73. The Hall–Kier alpha value is -1.14. The van der Waals surface area contributed by atoms with Crippen LogP contribution in [-0.2, 0) is 0 Å². The highest BCUT2D eigenvalue weighted by atomic mass is 31.1. The van der Waals surface area contributed by atoms with Gasteiger partial charge in [-0.3, -0.25) is 0 Å². The van der Waals surface area contributed by atoms with Crippen molar-refractivity contribution in [2.45, 2.75) is 94.9 Å². The SMILES string of the molecule is COc1ccccc1P(CC(CP(C1CCCCC1)C1CCCCC1)C(C)(C)N)c1ccccc1OC. The van der Waals surface area contributed by atoms with Crippen LogP contribution < -0.4 is 25.8 Å². The number of rotatable bonds is 11. The number of benzene rings is 2. The molecule has 1 unspecified atom stereocenters. The number of methoxy groups -OCH3 is 2. The van der Waals surface area contributed by atoms with Gasteiger partial charge in [0, 0.05) is 16.1 Å². The van der Waals surface area contributed by atoms with Gasteiger partial charge in [0.1, 0.15) is 11.5 Å². The van der Waals surface area contributed by atoms with Crippen LogP contribution >= 0.6 is 15.8 Å². The molecule has 2 N–H and O–H groups in total. The normalized spacial score (nSPS) is 18.8. The summed E-state index contributed by atoms with van der Waals surface area (Å²) < 4.78 is 11.8. The molecule has 5 heteroatoms. The van der Waals surface area contributed by atoms with E-state index in [1.54, 1.807) is 14.2 Å². The second-order valence-electron chi connectivity index (χ2n) is 11.8. The lowest BCUT2D eigenvalue weighted by atomic mass is 9.92. The summed E-state index contributed by atoms with van der Waals surface area (Å²) in [5.74, 6) is 2.42. The van der Waals surface area contributed by atoms with E-state index in [2.05, 4.69) is 62.4 Å². The fourth-order valence-electron chi connectivity index (χ4n) is 6.46. The summed E-state index contributed by atoms with van der Waals surface area (Å²) in [5.41, 5.74) is 8.75. The van der Waals surface area contributed by atoms with Gasteiger partial charge in [0.2, 0.25) is 0 Å². The Morgan fingerprint density at radius 1 is 0.730 bits per heavy atom. The van der Waals surface area contributed by atoms with E-state index in [4.69, 9.17) is 15.2 Å². The average molecular weight is 542 g/mol. The molecule has 0 spiro atoms. The molecule has 0 aromatic heterocycles. The topological polar surface area (TPSA) is 44.5 Å². The van der Waals surface area contributed by atoms with E-state index in [9.17, 15) is 0 Å². The maximum atomic E-state index is 7.09. The van der Waals surface area contributed by atoms with Crippen LogP contribution in [0, 0.1) is 5.92 Å². The summed E-state index contributed by atoms with van der Waals surface area (Å²) in [7, 11) is 2.88. The first-order valence-electron chi connectivity index (χ1n) is 14.5. The zero-order chi connectivity index (χ0) is 26.3. The smallest absolute Gasteiger partial charge is 0.126 e. The third kappa shape index (κ3) is 7.50. The Balaban J connectivity index is 1.71. The second-order valence-corrected chi connectivity index (χ2v) is 16.8. The molecule has 0 saturated heterocycles. The molecular weight excluding hydrogens is 492 g/mol. The second kappa shape index (κ2) is 13.8. The van der Waals surface area contributed by atoms with Crippen LogP contribution in [-0.4, -0.2) is 43.4 Å². The monoisotopic (exact) mass is 541 g/mol. The average Bonchev–Trinajstić information content (AvgIpc) is 2.93. The number of hydrogen-bond donors (Lipinski definition) is 1. The van der Waals surface area contributed by atoms with Gasteiger partial charge in [-0.1, -0.05) is 82.8 Å². The summed E-state index contributed by atoms with van der Waals surface area (Å²) in [4.78, 5) is 0. The maximum absolute atomic E-state index is 7.09. The van der Waals surface area contributed by atoms with Crippen molar-refractivity contribution in [3.05, 3.63) is 48.5 Å². The highest BCUT2D eigenvalue weighted by Gasteiger charge is 2.38. The minimum absolute atomic E-state index is 0.0237. The molecule has 0 radical (unpaired) electrons. The van der Waals surface area contributed by atoms with Crippen LogP contribution in [0.5, 0.6) is 11.5 Å². The predicted molar refractivity (Wildman–Crippen MR) is 164 cm³/mol. The molecule has 3 nitrogen and oxygen atoms in total. The highest BCUT2D eigenvalue weighted by Crippen LogP contribution is 2.58. The van der Waals surface area contributed by atoms with E-state index in [0.29, 0.717) is 5.92 Å². The molecule has 204 valence electrons. The summed E-state index contributed by atoms with van der Waals surface area (Å²) in [6.07, 6.45) is 16.8. The Bertz CT molecular complexity index is 898. The van der Waals surface area contributed by atoms with Crippen molar-refractivity contribution in [3.8, 4) is 11.5 Å². The minimum Gasteiger partial charge on any atom is -0.496 e. The van der Waals surface area contributed by atoms with Crippen LogP contribution in [0.15, 0.2) is 48.5 Å². The molecule has 0 aliphatic heterocycles. The molecule has 2 aliphatic rings. The van der Waals surface area contributed by atoms with Gasteiger partial charge in [0.15, 0.2) is 0 Å². The largest absolute Gasteiger partial charge is 0.496 e. The van der Waals surface area contributed by atoms with Gasteiger partial charge < -0.3 is 15.2 Å². The van der Waals surface area contributed by atoms with Crippen molar-refractivity contribution in [3.63, 3.8) is 0 Å². The molecule has 2 aromatic rings. The fourth-order valence-corrected chi connectivity index (χ4v) is 14.1. The van der Waals surface area contributed by atoms with Gasteiger partial charge in [-0.25, -0.2) is 0 Å². The van der Waals surface area contributed by atoms with Crippen LogP contribution in [0.1, 0.15) is 78.1 Å². The van der Waals surface area contributed by atoms with E-state index in [1.165, 1.54) is 81.0 Å². The molecule has 2 fully saturated rings. The van der Waals surface area contributed by atoms with Crippen LogP contribution in [0.2, 0.25) is 0 Å². The van der Waals surface area contributed by atoms with Crippen molar-refractivity contribution in [1.82, 2.24) is 0 Å². The van der Waals surface area contributed by atoms with Gasteiger partial charge in [-0.2, -0.15) is 0 Å². The molecule has 2 saturated carbocycles. The van der Waals surface area contributed by atoms with Gasteiger partial charge in [0.05, 0.1) is 14.2 Å². The van der Waals surface area contributed by atoms with Crippen molar-refractivity contribution < 1.29 is 9.47 Å². The summed E-state index contributed by atoms with van der Waals surface area (Å²) in [6, 6.07) is 17.2. The van der Waals surface area contributed by atoms with E-state index in [-0.39, 0.29) is 13.5 Å². The zero-order valence-electron chi connectivity index (χ0n) is 23.6. The Morgan fingerprint density at radius 3 is 1.57 bits per heavy atom. The van der Waals surface area contributed by atoms with Gasteiger partial charge in [-0.05, 0) is 89.1 Å². The molecule has 1 atom stereocenters. The Morgan fingerprint density at radius 2 is 1.16 bits per heavy atom. The van der Waals surface area contributed by atoms with Crippen molar-refractivity contribution in [2.75, 3.05) is 26.5 Å². The molecule has 4 rings (SSSR count). The van der Waals surface area contributed by atoms with Crippen LogP contribution in [0.3, 0.4) is 0 Å². The first kappa shape index (κ1) is 28.9. The van der Waals surface area contributed by atoms with Crippen molar-refractivity contribution in [1.29, 1.82) is 0 Å². The van der Waals surface area contributed by atoms with Gasteiger partial charge in [0.25, 0.3) is 0 Å². The number of ether oxygens (including phenoxy) is 2. The van der Waals surface area contributed by atoms with Crippen molar-refractivity contribution >= 4 is 26.5 Å².